The van der Waals surface area contributed by atoms with Crippen molar-refractivity contribution in [2.24, 2.45) is 0 Å². The van der Waals surface area contributed by atoms with Crippen LogP contribution < -0.4 is 4.74 Å². The largest absolute Gasteiger partial charge is 0.471 e. The standard InChI is InChI=1S/C10H6F6O2/c11-9(12,13)8(10(14,15)16)18-7-3-1-6(5-17)2-4-7/h1-5,8H. The average Bonchev–Trinajstić information content (AvgIpc) is 2.23. The third-order valence-corrected chi connectivity index (χ3v) is 1.86. The maximum atomic E-state index is 12.1. The molecule has 100 valence electrons. The molecule has 0 N–H and O–H groups in total. The van der Waals surface area contributed by atoms with Crippen LogP contribution in [0.15, 0.2) is 24.3 Å². The molecular formula is C10H6F6O2. The maximum Gasteiger partial charge on any atom is 0.434 e. The van der Waals surface area contributed by atoms with E-state index < -0.39 is 24.2 Å². The van der Waals surface area contributed by atoms with Gasteiger partial charge in [0.2, 0.25) is 0 Å². The van der Waals surface area contributed by atoms with Gasteiger partial charge in [0.15, 0.2) is 0 Å². The monoisotopic (exact) mass is 272 g/mol. The summed E-state index contributed by atoms with van der Waals surface area (Å²) < 4.78 is 76.8. The van der Waals surface area contributed by atoms with Gasteiger partial charge < -0.3 is 4.74 Å². The lowest BCUT2D eigenvalue weighted by molar-refractivity contribution is -0.299. The second-order valence-corrected chi connectivity index (χ2v) is 3.27. The van der Waals surface area contributed by atoms with Gasteiger partial charge in [-0.25, -0.2) is 0 Å². The number of hydrogen-bond acceptors (Lipinski definition) is 2. The Morgan fingerprint density at radius 2 is 1.39 bits per heavy atom. The molecule has 0 spiro atoms. The summed E-state index contributed by atoms with van der Waals surface area (Å²) in [6, 6.07) is 3.81. The van der Waals surface area contributed by atoms with Crippen LogP contribution in [0.4, 0.5) is 26.3 Å². The van der Waals surface area contributed by atoms with E-state index in [9.17, 15) is 31.1 Å². The Kier molecular flexibility index (Phi) is 3.88. The Labute approximate surface area is 97.2 Å². The fraction of sp³-hybridized carbons (Fsp3) is 0.300. The first kappa shape index (κ1) is 14.3. The lowest BCUT2D eigenvalue weighted by Gasteiger charge is -2.23. The highest BCUT2D eigenvalue weighted by Gasteiger charge is 2.59. The predicted molar refractivity (Wildman–Crippen MR) is 48.4 cm³/mol. The number of alkyl halides is 6. The predicted octanol–water partition coefficient (Wildman–Crippen LogP) is 3.37. The second-order valence-electron chi connectivity index (χ2n) is 3.27. The van der Waals surface area contributed by atoms with Crippen molar-refractivity contribution in [1.29, 1.82) is 0 Å². The van der Waals surface area contributed by atoms with Crippen molar-refractivity contribution in [3.63, 3.8) is 0 Å². The number of rotatable bonds is 3. The number of aldehydes is 1. The first-order valence-corrected chi connectivity index (χ1v) is 4.50. The zero-order chi connectivity index (χ0) is 14.0. The highest BCUT2D eigenvalue weighted by molar-refractivity contribution is 5.74. The molecule has 0 radical (unpaired) electrons. The summed E-state index contributed by atoms with van der Waals surface area (Å²) in [5.74, 6) is -0.625. The number of ether oxygens (including phenoxy) is 1. The van der Waals surface area contributed by atoms with Crippen molar-refractivity contribution in [3.05, 3.63) is 29.8 Å². The molecular weight excluding hydrogens is 266 g/mol. The SMILES string of the molecule is O=Cc1ccc(OC(C(F)(F)F)C(F)(F)F)cc1. The van der Waals surface area contributed by atoms with Gasteiger partial charge in [-0.15, -0.1) is 0 Å². The van der Waals surface area contributed by atoms with E-state index in [2.05, 4.69) is 4.74 Å². The Hall–Kier alpha value is -1.73. The summed E-state index contributed by atoms with van der Waals surface area (Å²) in [6.45, 7) is 0. The summed E-state index contributed by atoms with van der Waals surface area (Å²) in [4.78, 5) is 10.3. The molecule has 8 heteroatoms. The van der Waals surface area contributed by atoms with E-state index in [4.69, 9.17) is 0 Å². The van der Waals surface area contributed by atoms with Crippen LogP contribution in [0.5, 0.6) is 5.75 Å². The third kappa shape index (κ3) is 3.64. The number of hydrogen-bond donors (Lipinski definition) is 0. The minimum atomic E-state index is -5.57. The minimum Gasteiger partial charge on any atom is -0.471 e. The lowest BCUT2D eigenvalue weighted by Crippen LogP contribution is -2.46. The molecule has 0 aliphatic heterocycles. The molecule has 1 aromatic carbocycles. The van der Waals surface area contributed by atoms with E-state index in [-0.39, 0.29) is 5.56 Å². The van der Waals surface area contributed by atoms with Crippen LogP contribution in [-0.4, -0.2) is 24.7 Å². The van der Waals surface area contributed by atoms with Crippen molar-refractivity contribution < 1.29 is 35.9 Å². The van der Waals surface area contributed by atoms with E-state index in [1.54, 1.807) is 0 Å². The quantitative estimate of drug-likeness (QED) is 0.623. The Morgan fingerprint density at radius 1 is 0.944 bits per heavy atom. The summed E-state index contributed by atoms with van der Waals surface area (Å²) >= 11 is 0. The number of halogens is 6. The van der Waals surface area contributed by atoms with E-state index in [0.29, 0.717) is 6.29 Å². The molecule has 0 aliphatic rings. The zero-order valence-electron chi connectivity index (χ0n) is 8.55. The van der Waals surface area contributed by atoms with Gasteiger partial charge in [0.1, 0.15) is 12.0 Å². The average molecular weight is 272 g/mol. The first-order chi connectivity index (χ1) is 8.14. The normalized spacial score (nSPS) is 12.6. The Bertz CT molecular complexity index is 392. The van der Waals surface area contributed by atoms with Crippen LogP contribution in [0.1, 0.15) is 10.4 Å². The topological polar surface area (TPSA) is 26.3 Å². The van der Waals surface area contributed by atoms with Gasteiger partial charge in [-0.1, -0.05) is 0 Å². The summed E-state index contributed by atoms with van der Waals surface area (Å²) in [6.07, 6.45) is -14.6. The van der Waals surface area contributed by atoms with Crippen molar-refractivity contribution in [2.45, 2.75) is 18.5 Å². The van der Waals surface area contributed by atoms with Crippen LogP contribution in [0.3, 0.4) is 0 Å². The summed E-state index contributed by atoms with van der Waals surface area (Å²) in [5.41, 5.74) is 0.109. The molecule has 0 fully saturated rings. The van der Waals surface area contributed by atoms with Crippen molar-refractivity contribution in [2.75, 3.05) is 0 Å². The summed E-state index contributed by atoms with van der Waals surface area (Å²) in [5, 5.41) is 0. The molecule has 18 heavy (non-hydrogen) atoms. The molecule has 0 saturated carbocycles. The van der Waals surface area contributed by atoms with Gasteiger partial charge in [0.05, 0.1) is 0 Å². The second kappa shape index (κ2) is 4.87. The molecule has 0 aliphatic carbocycles. The highest BCUT2D eigenvalue weighted by Crippen LogP contribution is 2.36. The lowest BCUT2D eigenvalue weighted by atomic mass is 10.2. The van der Waals surface area contributed by atoms with Crippen LogP contribution in [-0.2, 0) is 0 Å². The molecule has 1 rings (SSSR count). The highest BCUT2D eigenvalue weighted by atomic mass is 19.4. The first-order valence-electron chi connectivity index (χ1n) is 4.50. The summed E-state index contributed by atoms with van der Waals surface area (Å²) in [7, 11) is 0. The van der Waals surface area contributed by atoms with Crippen LogP contribution in [0.25, 0.3) is 0 Å². The van der Waals surface area contributed by atoms with Gasteiger partial charge in [-0.2, -0.15) is 26.3 Å². The van der Waals surface area contributed by atoms with Crippen LogP contribution >= 0.6 is 0 Å². The van der Waals surface area contributed by atoms with Crippen molar-refractivity contribution in [3.8, 4) is 5.75 Å². The van der Waals surface area contributed by atoms with E-state index >= 15 is 0 Å². The molecule has 0 atom stereocenters. The zero-order valence-corrected chi connectivity index (χ0v) is 8.55. The smallest absolute Gasteiger partial charge is 0.434 e. The van der Waals surface area contributed by atoms with Crippen LogP contribution in [0.2, 0.25) is 0 Å². The molecule has 0 amide bonds. The third-order valence-electron chi connectivity index (χ3n) is 1.86. The number of benzene rings is 1. The van der Waals surface area contributed by atoms with E-state index in [0.717, 1.165) is 24.3 Å². The van der Waals surface area contributed by atoms with E-state index in [1.807, 2.05) is 0 Å². The molecule has 0 bridgehead atoms. The van der Waals surface area contributed by atoms with Crippen molar-refractivity contribution >= 4 is 6.29 Å². The minimum absolute atomic E-state index is 0.109. The fourth-order valence-corrected chi connectivity index (χ4v) is 1.08. The fourth-order valence-electron chi connectivity index (χ4n) is 1.08. The molecule has 0 heterocycles. The van der Waals surface area contributed by atoms with Gasteiger partial charge in [-0.3, -0.25) is 4.79 Å². The van der Waals surface area contributed by atoms with E-state index in [1.165, 1.54) is 0 Å². The molecule has 0 unspecified atom stereocenters. The van der Waals surface area contributed by atoms with Gasteiger partial charge in [-0.05, 0) is 24.3 Å². The van der Waals surface area contributed by atoms with Gasteiger partial charge >= 0.3 is 12.4 Å². The van der Waals surface area contributed by atoms with Crippen molar-refractivity contribution in [1.82, 2.24) is 0 Å². The number of carbonyl (C=O) groups excluding carboxylic acids is 1. The number of carbonyl (C=O) groups is 1. The van der Waals surface area contributed by atoms with Crippen LogP contribution in [0, 0.1) is 0 Å². The molecule has 0 aromatic heterocycles. The maximum absolute atomic E-state index is 12.1. The molecule has 2 nitrogen and oxygen atoms in total. The molecule has 1 aromatic rings. The van der Waals surface area contributed by atoms with Gasteiger partial charge in [0.25, 0.3) is 6.10 Å². The Morgan fingerprint density at radius 3 is 1.72 bits per heavy atom. The Balaban J connectivity index is 2.93. The van der Waals surface area contributed by atoms with Gasteiger partial charge in [0, 0.05) is 5.56 Å². The molecule has 0 saturated heterocycles.